The zero-order valence-electron chi connectivity index (χ0n) is 10.8. The van der Waals surface area contributed by atoms with Gasteiger partial charge in [0.05, 0.1) is 14.7 Å². The maximum Gasteiger partial charge on any atom is 0.234 e. The summed E-state index contributed by atoms with van der Waals surface area (Å²) in [6, 6.07) is 7.35. The fourth-order valence-corrected chi connectivity index (χ4v) is 4.09. The summed E-state index contributed by atoms with van der Waals surface area (Å²) >= 11 is 14.4. The van der Waals surface area contributed by atoms with Crippen molar-refractivity contribution in [1.29, 1.82) is 0 Å². The van der Waals surface area contributed by atoms with E-state index in [4.69, 9.17) is 37.4 Å². The quantitative estimate of drug-likeness (QED) is 0.519. The van der Waals surface area contributed by atoms with Gasteiger partial charge in [-0.2, -0.15) is 0 Å². The third-order valence-corrected chi connectivity index (χ3v) is 4.75. The summed E-state index contributed by atoms with van der Waals surface area (Å²) in [7, 11) is 0. The highest BCUT2D eigenvalue weighted by molar-refractivity contribution is 14.1. The van der Waals surface area contributed by atoms with Crippen LogP contribution in [0.3, 0.4) is 0 Å². The topological polar surface area (TPSA) is 27.7 Å². The molecular formula is C15H9Cl2IO3. The number of fused-ring (bicyclic) bond motifs is 6. The van der Waals surface area contributed by atoms with Gasteiger partial charge in [0.1, 0.15) is 11.5 Å². The predicted molar refractivity (Wildman–Crippen MR) is 88.2 cm³/mol. The minimum absolute atomic E-state index is 0.515. The van der Waals surface area contributed by atoms with Gasteiger partial charge in [0.25, 0.3) is 0 Å². The fourth-order valence-electron chi connectivity index (χ4n) is 2.63. The lowest BCUT2D eigenvalue weighted by atomic mass is 10.1. The third kappa shape index (κ3) is 2.20. The first-order valence-electron chi connectivity index (χ1n) is 6.30. The maximum atomic E-state index is 6.13. The van der Waals surface area contributed by atoms with Gasteiger partial charge in [-0.3, -0.25) is 4.74 Å². The van der Waals surface area contributed by atoms with Crippen molar-refractivity contribution in [3.05, 3.63) is 54.6 Å². The number of aryl methyl sites for hydroxylation is 1. The summed E-state index contributed by atoms with van der Waals surface area (Å²) in [5.74, 6) is 1.52. The van der Waals surface area contributed by atoms with Gasteiger partial charge in [-0.1, -0.05) is 23.2 Å². The van der Waals surface area contributed by atoms with Crippen LogP contribution in [0, 0.1) is 10.5 Å². The molecule has 0 aromatic heterocycles. The monoisotopic (exact) mass is 434 g/mol. The highest BCUT2D eigenvalue weighted by Crippen LogP contribution is 2.50. The highest BCUT2D eigenvalue weighted by atomic mass is 127. The Kier molecular flexibility index (Phi) is 3.26. The molecule has 21 heavy (non-hydrogen) atoms. The summed E-state index contributed by atoms with van der Waals surface area (Å²) in [5, 5.41) is 1.27. The van der Waals surface area contributed by atoms with E-state index in [-0.39, 0.29) is 0 Å². The Morgan fingerprint density at radius 2 is 1.48 bits per heavy atom. The van der Waals surface area contributed by atoms with Crippen molar-refractivity contribution in [2.24, 2.45) is 0 Å². The molecule has 0 fully saturated rings. The van der Waals surface area contributed by atoms with E-state index in [9.17, 15) is 0 Å². The van der Waals surface area contributed by atoms with Crippen LogP contribution >= 0.6 is 45.8 Å². The summed E-state index contributed by atoms with van der Waals surface area (Å²) in [6.45, 7) is 1.95. The first-order valence-corrected chi connectivity index (χ1v) is 8.14. The minimum atomic E-state index is -0.515. The molecule has 3 nitrogen and oxygen atoms in total. The van der Waals surface area contributed by atoms with Crippen molar-refractivity contribution >= 4 is 45.8 Å². The number of ether oxygens (including phenoxy) is 3. The van der Waals surface area contributed by atoms with Crippen LogP contribution in [0.2, 0.25) is 10.0 Å². The van der Waals surface area contributed by atoms with Gasteiger partial charge in [0.15, 0.2) is 0 Å². The van der Waals surface area contributed by atoms with E-state index in [2.05, 4.69) is 22.6 Å². The van der Waals surface area contributed by atoms with E-state index in [0.717, 1.165) is 31.8 Å². The molecule has 4 rings (SSSR count). The van der Waals surface area contributed by atoms with Crippen LogP contribution in [0.4, 0.5) is 0 Å². The van der Waals surface area contributed by atoms with E-state index < -0.39 is 12.6 Å². The molecule has 0 spiro atoms. The lowest BCUT2D eigenvalue weighted by molar-refractivity contribution is -0.228. The summed E-state index contributed by atoms with van der Waals surface area (Å²) < 4.78 is 18.8. The minimum Gasteiger partial charge on any atom is -0.459 e. The van der Waals surface area contributed by atoms with E-state index in [1.807, 2.05) is 31.2 Å². The molecule has 0 N–H and O–H groups in total. The Balaban J connectivity index is 1.89. The zero-order valence-corrected chi connectivity index (χ0v) is 14.5. The molecule has 6 heteroatoms. The Labute approximate surface area is 145 Å². The van der Waals surface area contributed by atoms with Crippen molar-refractivity contribution in [2.45, 2.75) is 19.5 Å². The van der Waals surface area contributed by atoms with Crippen LogP contribution in [0.25, 0.3) is 0 Å². The summed E-state index contributed by atoms with van der Waals surface area (Å²) in [5.41, 5.74) is 2.58. The van der Waals surface area contributed by atoms with Crippen molar-refractivity contribution < 1.29 is 14.2 Å². The molecule has 2 unspecified atom stereocenters. The van der Waals surface area contributed by atoms with E-state index in [0.29, 0.717) is 10.0 Å². The van der Waals surface area contributed by atoms with Crippen LogP contribution in [0.15, 0.2) is 24.3 Å². The molecule has 108 valence electrons. The molecule has 0 amide bonds. The molecule has 2 aromatic rings. The fraction of sp³-hybridized carbons (Fsp3) is 0.200. The molecule has 0 radical (unpaired) electrons. The van der Waals surface area contributed by atoms with Crippen molar-refractivity contribution in [3.8, 4) is 11.5 Å². The Morgan fingerprint density at radius 3 is 2.19 bits per heavy atom. The molecule has 2 aromatic carbocycles. The molecular weight excluding hydrogens is 426 g/mol. The van der Waals surface area contributed by atoms with Gasteiger partial charge in [0.2, 0.25) is 12.6 Å². The second kappa shape index (κ2) is 4.91. The number of benzene rings is 2. The lowest BCUT2D eigenvalue weighted by Gasteiger charge is -2.38. The first-order chi connectivity index (χ1) is 10.0. The van der Waals surface area contributed by atoms with Gasteiger partial charge < -0.3 is 9.47 Å². The normalized spacial score (nSPS) is 21.9. The van der Waals surface area contributed by atoms with Gasteiger partial charge in [0, 0.05) is 10.0 Å². The lowest BCUT2D eigenvalue weighted by Crippen LogP contribution is -2.31. The first kappa shape index (κ1) is 13.9. The number of rotatable bonds is 0. The van der Waals surface area contributed by atoms with Gasteiger partial charge in [-0.15, -0.1) is 0 Å². The Bertz CT molecular complexity index is 700. The molecule has 2 atom stereocenters. The van der Waals surface area contributed by atoms with Crippen LogP contribution in [0.5, 0.6) is 11.5 Å². The van der Waals surface area contributed by atoms with Crippen molar-refractivity contribution in [1.82, 2.24) is 0 Å². The Morgan fingerprint density at radius 1 is 0.905 bits per heavy atom. The Hall–Kier alpha value is -0.690. The van der Waals surface area contributed by atoms with E-state index in [1.165, 1.54) is 0 Å². The smallest absolute Gasteiger partial charge is 0.234 e. The molecule has 0 saturated carbocycles. The second-order valence-corrected chi connectivity index (χ2v) is 7.02. The molecule has 0 aliphatic carbocycles. The number of hydrogen-bond donors (Lipinski definition) is 0. The summed E-state index contributed by atoms with van der Waals surface area (Å²) in [4.78, 5) is 0. The standard InChI is InChI=1S/C15H9Cl2IO3/c1-6-2-7(16)3-9-12(6)19-15-10-4-8(17)5-11(18)13(10)20-14(9)21-15/h2-5,14-15H,1H3. The van der Waals surface area contributed by atoms with Crippen LogP contribution in [-0.2, 0) is 4.74 Å². The van der Waals surface area contributed by atoms with Crippen molar-refractivity contribution in [3.63, 3.8) is 0 Å². The van der Waals surface area contributed by atoms with Gasteiger partial charge in [-0.05, 0) is 59.3 Å². The number of hydrogen-bond acceptors (Lipinski definition) is 3. The van der Waals surface area contributed by atoms with Crippen LogP contribution < -0.4 is 9.47 Å². The van der Waals surface area contributed by atoms with E-state index >= 15 is 0 Å². The van der Waals surface area contributed by atoms with Gasteiger partial charge in [-0.25, -0.2) is 0 Å². The largest absolute Gasteiger partial charge is 0.459 e. The molecule has 2 bridgehead atoms. The molecule has 2 heterocycles. The average molecular weight is 435 g/mol. The molecule has 2 aliphatic rings. The third-order valence-electron chi connectivity index (χ3n) is 3.51. The SMILES string of the molecule is Cc1cc(Cl)cc2c1OC1OC2Oc2c(I)cc(Cl)cc21. The average Bonchev–Trinajstić information content (AvgIpc) is 2.41. The molecule has 0 saturated heterocycles. The van der Waals surface area contributed by atoms with Gasteiger partial charge >= 0.3 is 0 Å². The summed E-state index contributed by atoms with van der Waals surface area (Å²) in [6.07, 6.45) is -1.03. The zero-order chi connectivity index (χ0) is 14.7. The van der Waals surface area contributed by atoms with Crippen molar-refractivity contribution in [2.75, 3.05) is 0 Å². The highest BCUT2D eigenvalue weighted by Gasteiger charge is 2.39. The van der Waals surface area contributed by atoms with Crippen LogP contribution in [0.1, 0.15) is 29.3 Å². The van der Waals surface area contributed by atoms with Crippen LogP contribution in [-0.4, -0.2) is 0 Å². The number of halogens is 3. The second-order valence-electron chi connectivity index (χ2n) is 4.98. The maximum absolute atomic E-state index is 6.13. The van der Waals surface area contributed by atoms with E-state index in [1.54, 1.807) is 0 Å². The predicted octanol–water partition coefficient (Wildman–Crippen LogP) is 5.41. The molecule has 2 aliphatic heterocycles.